The molecule has 1 aromatic heterocycles. The molecule has 2 aliphatic rings. The quantitative estimate of drug-likeness (QED) is 0.826. The Bertz CT molecular complexity index is 669. The van der Waals surface area contributed by atoms with E-state index in [1.165, 1.54) is 19.3 Å². The molecule has 1 saturated heterocycles. The number of hydrogen-bond donors (Lipinski definition) is 0. The number of carbonyl (C=O) groups excluding carboxylic acids is 1. The molecule has 2 aromatic rings. The molecular formula is C19H24N2O2S. The summed E-state index contributed by atoms with van der Waals surface area (Å²) in [5.41, 5.74) is 0.978. The topological polar surface area (TPSA) is 42.4 Å². The van der Waals surface area contributed by atoms with Crippen LogP contribution in [0.5, 0.6) is 0 Å². The van der Waals surface area contributed by atoms with Gasteiger partial charge in [0.05, 0.1) is 22.9 Å². The summed E-state index contributed by atoms with van der Waals surface area (Å²) >= 11 is 1.62. The number of anilines is 1. The van der Waals surface area contributed by atoms with Gasteiger partial charge in [-0.2, -0.15) is 0 Å². The zero-order chi connectivity index (χ0) is 16.4. The number of rotatable bonds is 4. The fourth-order valence-electron chi connectivity index (χ4n) is 3.80. The van der Waals surface area contributed by atoms with Crippen molar-refractivity contribution in [3.8, 4) is 0 Å². The summed E-state index contributed by atoms with van der Waals surface area (Å²) < 4.78 is 6.94. The average Bonchev–Trinajstić information content (AvgIpc) is 3.29. The molecule has 1 saturated carbocycles. The molecule has 0 bridgehead atoms. The maximum atomic E-state index is 13.2. The predicted molar refractivity (Wildman–Crippen MR) is 97.5 cm³/mol. The third-order valence-electron chi connectivity index (χ3n) is 5.14. The van der Waals surface area contributed by atoms with Gasteiger partial charge in [0.2, 0.25) is 5.91 Å². The van der Waals surface area contributed by atoms with E-state index < -0.39 is 0 Å². The molecule has 1 aromatic carbocycles. The minimum Gasteiger partial charge on any atom is -0.376 e. The Kier molecular flexibility index (Phi) is 4.81. The Morgan fingerprint density at radius 3 is 2.75 bits per heavy atom. The summed E-state index contributed by atoms with van der Waals surface area (Å²) in [5.74, 6) is 0.413. The third-order valence-corrected chi connectivity index (χ3v) is 6.20. The molecule has 1 aliphatic carbocycles. The summed E-state index contributed by atoms with van der Waals surface area (Å²) in [6, 6.07) is 8.12. The van der Waals surface area contributed by atoms with E-state index in [4.69, 9.17) is 9.72 Å². The smallest absolute Gasteiger partial charge is 0.231 e. The van der Waals surface area contributed by atoms with Crippen LogP contribution in [-0.4, -0.2) is 30.1 Å². The summed E-state index contributed by atoms with van der Waals surface area (Å²) in [7, 11) is 0. The summed E-state index contributed by atoms with van der Waals surface area (Å²) in [6.07, 6.45) is 7.93. The zero-order valence-electron chi connectivity index (χ0n) is 13.9. The van der Waals surface area contributed by atoms with Crippen molar-refractivity contribution in [1.29, 1.82) is 0 Å². The van der Waals surface area contributed by atoms with Crippen molar-refractivity contribution in [2.75, 3.05) is 18.1 Å². The van der Waals surface area contributed by atoms with Crippen LogP contribution in [-0.2, 0) is 9.53 Å². The number of aromatic nitrogens is 1. The Balaban J connectivity index is 1.61. The van der Waals surface area contributed by atoms with E-state index in [1.807, 2.05) is 23.1 Å². The van der Waals surface area contributed by atoms with E-state index in [0.29, 0.717) is 6.54 Å². The first-order valence-corrected chi connectivity index (χ1v) is 9.91. The molecule has 4 nitrogen and oxygen atoms in total. The van der Waals surface area contributed by atoms with Gasteiger partial charge in [0.25, 0.3) is 0 Å². The first-order valence-electron chi connectivity index (χ1n) is 9.10. The van der Waals surface area contributed by atoms with Crippen LogP contribution in [0.25, 0.3) is 10.2 Å². The van der Waals surface area contributed by atoms with Crippen molar-refractivity contribution in [3.63, 3.8) is 0 Å². The SMILES string of the molecule is O=C(C1CCCCC1)N(CC1CCCO1)c1nc2ccccc2s1. The number of para-hydroxylation sites is 1. The number of carbonyl (C=O) groups is 1. The number of thiazole rings is 1. The van der Waals surface area contributed by atoms with Gasteiger partial charge in [0.15, 0.2) is 5.13 Å². The lowest BCUT2D eigenvalue weighted by molar-refractivity contribution is -0.123. The second-order valence-electron chi connectivity index (χ2n) is 6.88. The van der Waals surface area contributed by atoms with Crippen molar-refractivity contribution in [1.82, 2.24) is 4.98 Å². The highest BCUT2D eigenvalue weighted by Gasteiger charge is 2.31. The van der Waals surface area contributed by atoms with E-state index >= 15 is 0 Å². The second-order valence-corrected chi connectivity index (χ2v) is 7.89. The lowest BCUT2D eigenvalue weighted by atomic mass is 9.88. The van der Waals surface area contributed by atoms with Gasteiger partial charge >= 0.3 is 0 Å². The van der Waals surface area contributed by atoms with Gasteiger partial charge in [-0.05, 0) is 37.8 Å². The number of benzene rings is 1. The van der Waals surface area contributed by atoms with Crippen LogP contribution >= 0.6 is 11.3 Å². The van der Waals surface area contributed by atoms with Crippen molar-refractivity contribution in [2.45, 2.75) is 51.0 Å². The molecule has 128 valence electrons. The number of ether oxygens (including phenoxy) is 1. The molecule has 1 aliphatic heterocycles. The lowest BCUT2D eigenvalue weighted by Crippen LogP contribution is -2.41. The second kappa shape index (κ2) is 7.19. The van der Waals surface area contributed by atoms with Gasteiger partial charge in [-0.1, -0.05) is 42.7 Å². The highest BCUT2D eigenvalue weighted by molar-refractivity contribution is 7.22. The van der Waals surface area contributed by atoms with Gasteiger partial charge in [-0.3, -0.25) is 9.69 Å². The normalized spacial score (nSPS) is 22.1. The van der Waals surface area contributed by atoms with Crippen LogP contribution in [0.3, 0.4) is 0 Å². The molecule has 2 heterocycles. The standard InChI is InChI=1S/C19H24N2O2S/c22-18(14-7-2-1-3-8-14)21(13-15-9-6-12-23-15)19-20-16-10-4-5-11-17(16)24-19/h4-5,10-11,14-15H,1-3,6-9,12-13H2. The molecule has 1 atom stereocenters. The molecule has 5 heteroatoms. The van der Waals surface area contributed by atoms with E-state index in [9.17, 15) is 4.79 Å². The van der Waals surface area contributed by atoms with Crippen molar-refractivity contribution >= 4 is 32.6 Å². The zero-order valence-corrected chi connectivity index (χ0v) is 14.8. The molecule has 1 amide bonds. The van der Waals surface area contributed by atoms with E-state index in [-0.39, 0.29) is 17.9 Å². The highest BCUT2D eigenvalue weighted by Crippen LogP contribution is 2.33. The van der Waals surface area contributed by atoms with Crippen molar-refractivity contribution in [3.05, 3.63) is 24.3 Å². The molecule has 24 heavy (non-hydrogen) atoms. The third kappa shape index (κ3) is 3.33. The Morgan fingerprint density at radius 2 is 2.00 bits per heavy atom. The molecule has 0 spiro atoms. The first kappa shape index (κ1) is 16.0. The minimum absolute atomic E-state index is 0.157. The van der Waals surface area contributed by atoms with Gasteiger partial charge in [0, 0.05) is 12.5 Å². The fourth-order valence-corrected chi connectivity index (χ4v) is 4.78. The number of fused-ring (bicyclic) bond motifs is 1. The molecule has 4 rings (SSSR count). The van der Waals surface area contributed by atoms with Gasteiger partial charge in [-0.15, -0.1) is 0 Å². The monoisotopic (exact) mass is 344 g/mol. The Labute approximate surface area is 146 Å². The van der Waals surface area contributed by atoms with Crippen LogP contribution in [0.15, 0.2) is 24.3 Å². The van der Waals surface area contributed by atoms with E-state index in [1.54, 1.807) is 11.3 Å². The summed E-state index contributed by atoms with van der Waals surface area (Å²) in [6.45, 7) is 1.46. The highest BCUT2D eigenvalue weighted by atomic mass is 32.1. The van der Waals surface area contributed by atoms with Crippen LogP contribution in [0.4, 0.5) is 5.13 Å². The average molecular weight is 344 g/mol. The minimum atomic E-state index is 0.157. The van der Waals surface area contributed by atoms with E-state index in [2.05, 4.69) is 6.07 Å². The van der Waals surface area contributed by atoms with Gasteiger partial charge in [0.1, 0.15) is 0 Å². The predicted octanol–water partition coefficient (Wildman–Crippen LogP) is 4.39. The van der Waals surface area contributed by atoms with E-state index in [0.717, 1.165) is 47.6 Å². The molecule has 0 N–H and O–H groups in total. The number of hydrogen-bond acceptors (Lipinski definition) is 4. The number of amides is 1. The van der Waals surface area contributed by atoms with Crippen LogP contribution in [0.1, 0.15) is 44.9 Å². The molecule has 0 radical (unpaired) electrons. The summed E-state index contributed by atoms with van der Waals surface area (Å²) in [4.78, 5) is 19.9. The lowest BCUT2D eigenvalue weighted by Gasteiger charge is -2.29. The molecule has 1 unspecified atom stereocenters. The molecule has 2 fully saturated rings. The van der Waals surface area contributed by atoms with Crippen molar-refractivity contribution < 1.29 is 9.53 Å². The first-order chi connectivity index (χ1) is 11.8. The van der Waals surface area contributed by atoms with Gasteiger partial charge in [-0.25, -0.2) is 4.98 Å². The van der Waals surface area contributed by atoms with Crippen molar-refractivity contribution in [2.24, 2.45) is 5.92 Å². The maximum absolute atomic E-state index is 13.2. The number of nitrogens with zero attached hydrogens (tertiary/aromatic N) is 2. The Hall–Kier alpha value is -1.46. The Morgan fingerprint density at radius 1 is 1.17 bits per heavy atom. The largest absolute Gasteiger partial charge is 0.376 e. The maximum Gasteiger partial charge on any atom is 0.231 e. The van der Waals surface area contributed by atoms with Crippen LogP contribution in [0.2, 0.25) is 0 Å². The van der Waals surface area contributed by atoms with Crippen LogP contribution in [0, 0.1) is 5.92 Å². The summed E-state index contributed by atoms with van der Waals surface area (Å²) in [5, 5.41) is 0.835. The van der Waals surface area contributed by atoms with Crippen LogP contribution < -0.4 is 4.90 Å². The molecular weight excluding hydrogens is 320 g/mol. The van der Waals surface area contributed by atoms with Gasteiger partial charge < -0.3 is 4.74 Å². The fraction of sp³-hybridized carbons (Fsp3) is 0.579.